The summed E-state index contributed by atoms with van der Waals surface area (Å²) in [7, 11) is 1.73. The van der Waals surface area contributed by atoms with Crippen molar-refractivity contribution in [3.8, 4) is 0 Å². The van der Waals surface area contributed by atoms with Crippen molar-refractivity contribution in [3.05, 3.63) is 47.4 Å². The molecule has 0 aliphatic rings. The van der Waals surface area contributed by atoms with Gasteiger partial charge in [0.1, 0.15) is 11.3 Å². The maximum atomic E-state index is 12.1. The molecule has 0 spiro atoms. The molecule has 0 unspecified atom stereocenters. The molecule has 0 aliphatic carbocycles. The Hall–Kier alpha value is -1.92. The van der Waals surface area contributed by atoms with Crippen LogP contribution in [0.15, 0.2) is 50.7 Å². The number of rotatable bonds is 5. The Balaban J connectivity index is 1.59. The van der Waals surface area contributed by atoms with Gasteiger partial charge in [0.25, 0.3) is 5.22 Å². The summed E-state index contributed by atoms with van der Waals surface area (Å²) >= 11 is 7.16. The number of oxazole rings is 1. The molecular formula is C15H13ClN2O3S. The SMILES string of the molecule is CN(Cc1ccco1)C(=O)CSc1nc2cc(Cl)ccc2o1. The van der Waals surface area contributed by atoms with Gasteiger partial charge in [-0.05, 0) is 30.3 Å². The van der Waals surface area contributed by atoms with E-state index in [1.54, 1.807) is 42.5 Å². The van der Waals surface area contributed by atoms with Crippen LogP contribution in [0.1, 0.15) is 5.76 Å². The summed E-state index contributed by atoms with van der Waals surface area (Å²) in [6.07, 6.45) is 1.59. The van der Waals surface area contributed by atoms with Gasteiger partial charge in [0.15, 0.2) is 5.58 Å². The van der Waals surface area contributed by atoms with E-state index < -0.39 is 0 Å². The second-order valence-electron chi connectivity index (χ2n) is 4.71. The van der Waals surface area contributed by atoms with E-state index in [1.807, 2.05) is 6.07 Å². The number of hydrogen-bond acceptors (Lipinski definition) is 5. The van der Waals surface area contributed by atoms with Crippen molar-refractivity contribution in [2.75, 3.05) is 12.8 Å². The molecule has 0 bridgehead atoms. The summed E-state index contributed by atoms with van der Waals surface area (Å²) in [6.45, 7) is 0.440. The highest BCUT2D eigenvalue weighted by Gasteiger charge is 2.14. The van der Waals surface area contributed by atoms with Gasteiger partial charge < -0.3 is 13.7 Å². The number of thioether (sulfide) groups is 1. The minimum Gasteiger partial charge on any atom is -0.467 e. The van der Waals surface area contributed by atoms with Crippen molar-refractivity contribution in [1.82, 2.24) is 9.88 Å². The fourth-order valence-corrected chi connectivity index (χ4v) is 2.84. The molecule has 3 aromatic rings. The van der Waals surface area contributed by atoms with Crippen molar-refractivity contribution < 1.29 is 13.6 Å². The molecule has 2 aromatic heterocycles. The Bertz CT molecular complexity index is 785. The second kappa shape index (κ2) is 6.46. The van der Waals surface area contributed by atoms with E-state index in [2.05, 4.69) is 4.98 Å². The van der Waals surface area contributed by atoms with Crippen LogP contribution in [0.5, 0.6) is 0 Å². The Morgan fingerprint density at radius 2 is 2.27 bits per heavy atom. The molecule has 0 aliphatic heterocycles. The van der Waals surface area contributed by atoms with E-state index in [-0.39, 0.29) is 11.7 Å². The van der Waals surface area contributed by atoms with Crippen molar-refractivity contribution in [2.24, 2.45) is 0 Å². The highest BCUT2D eigenvalue weighted by molar-refractivity contribution is 7.99. The average Bonchev–Trinajstić information content (AvgIpc) is 3.13. The number of carbonyl (C=O) groups is 1. The molecule has 114 valence electrons. The summed E-state index contributed by atoms with van der Waals surface area (Å²) in [5.74, 6) is 0.969. The van der Waals surface area contributed by atoms with E-state index >= 15 is 0 Å². The molecule has 7 heteroatoms. The zero-order valence-electron chi connectivity index (χ0n) is 11.8. The first-order valence-electron chi connectivity index (χ1n) is 6.57. The van der Waals surface area contributed by atoms with Gasteiger partial charge in [-0.3, -0.25) is 4.79 Å². The average molecular weight is 337 g/mol. The van der Waals surface area contributed by atoms with E-state index in [1.165, 1.54) is 11.8 Å². The second-order valence-corrected chi connectivity index (χ2v) is 6.07. The lowest BCUT2D eigenvalue weighted by Crippen LogP contribution is -2.27. The molecule has 0 saturated carbocycles. The molecule has 1 aromatic carbocycles. The van der Waals surface area contributed by atoms with Crippen LogP contribution in [0.3, 0.4) is 0 Å². The fraction of sp³-hybridized carbons (Fsp3) is 0.200. The Morgan fingerprint density at radius 3 is 3.05 bits per heavy atom. The van der Waals surface area contributed by atoms with Gasteiger partial charge in [-0.25, -0.2) is 4.98 Å². The Morgan fingerprint density at radius 1 is 1.41 bits per heavy atom. The number of fused-ring (bicyclic) bond motifs is 1. The Kier molecular flexibility index (Phi) is 4.40. The first-order chi connectivity index (χ1) is 10.6. The molecule has 2 heterocycles. The van der Waals surface area contributed by atoms with Gasteiger partial charge in [0, 0.05) is 12.1 Å². The molecule has 3 rings (SSSR count). The van der Waals surface area contributed by atoms with Crippen LogP contribution in [0.2, 0.25) is 5.02 Å². The quantitative estimate of drug-likeness (QED) is 0.663. The maximum absolute atomic E-state index is 12.1. The number of benzene rings is 1. The first kappa shape index (κ1) is 15.0. The fourth-order valence-electron chi connectivity index (χ4n) is 1.90. The van der Waals surface area contributed by atoms with Crippen LogP contribution in [-0.2, 0) is 11.3 Å². The number of carbonyl (C=O) groups excluding carboxylic acids is 1. The predicted octanol–water partition coefficient (Wildman–Crippen LogP) is 3.82. The van der Waals surface area contributed by atoms with Crippen LogP contribution >= 0.6 is 23.4 Å². The van der Waals surface area contributed by atoms with Gasteiger partial charge in [0.05, 0.1) is 18.6 Å². The largest absolute Gasteiger partial charge is 0.467 e. The summed E-state index contributed by atoms with van der Waals surface area (Å²) in [4.78, 5) is 18.0. The van der Waals surface area contributed by atoms with Crippen LogP contribution < -0.4 is 0 Å². The molecule has 0 fully saturated rings. The highest BCUT2D eigenvalue weighted by Crippen LogP contribution is 2.25. The van der Waals surface area contributed by atoms with Gasteiger partial charge in [0.2, 0.25) is 5.91 Å². The van der Waals surface area contributed by atoms with Crippen molar-refractivity contribution in [3.63, 3.8) is 0 Å². The molecular weight excluding hydrogens is 324 g/mol. The third-order valence-electron chi connectivity index (χ3n) is 3.05. The number of aromatic nitrogens is 1. The van der Waals surface area contributed by atoms with Gasteiger partial charge in [-0.1, -0.05) is 23.4 Å². The highest BCUT2D eigenvalue weighted by atomic mass is 35.5. The van der Waals surface area contributed by atoms with Crippen molar-refractivity contribution in [1.29, 1.82) is 0 Å². The minimum atomic E-state index is -0.0262. The molecule has 22 heavy (non-hydrogen) atoms. The van der Waals surface area contributed by atoms with E-state index in [9.17, 15) is 4.79 Å². The van der Waals surface area contributed by atoms with Crippen molar-refractivity contribution in [2.45, 2.75) is 11.8 Å². The monoisotopic (exact) mass is 336 g/mol. The number of nitrogens with zero attached hydrogens (tertiary/aromatic N) is 2. The van der Waals surface area contributed by atoms with Crippen LogP contribution in [0.25, 0.3) is 11.1 Å². The van der Waals surface area contributed by atoms with Crippen LogP contribution in [-0.4, -0.2) is 28.6 Å². The van der Waals surface area contributed by atoms with Crippen LogP contribution in [0, 0.1) is 0 Å². The van der Waals surface area contributed by atoms with E-state index in [0.717, 1.165) is 5.76 Å². The molecule has 0 N–H and O–H groups in total. The summed E-state index contributed by atoms with van der Waals surface area (Å²) < 4.78 is 10.8. The summed E-state index contributed by atoms with van der Waals surface area (Å²) in [5.41, 5.74) is 1.34. The number of amides is 1. The maximum Gasteiger partial charge on any atom is 0.257 e. The normalized spacial score (nSPS) is 11.0. The van der Waals surface area contributed by atoms with E-state index in [0.29, 0.717) is 27.9 Å². The molecule has 1 amide bonds. The summed E-state index contributed by atoms with van der Waals surface area (Å²) in [5, 5.41) is 1.06. The van der Waals surface area contributed by atoms with Gasteiger partial charge in [-0.2, -0.15) is 0 Å². The smallest absolute Gasteiger partial charge is 0.257 e. The van der Waals surface area contributed by atoms with Gasteiger partial charge >= 0.3 is 0 Å². The minimum absolute atomic E-state index is 0.0262. The molecule has 0 radical (unpaired) electrons. The van der Waals surface area contributed by atoms with Crippen molar-refractivity contribution >= 4 is 40.4 Å². The lowest BCUT2D eigenvalue weighted by Gasteiger charge is -2.14. The summed E-state index contributed by atoms with van der Waals surface area (Å²) in [6, 6.07) is 8.87. The zero-order chi connectivity index (χ0) is 15.5. The third-order valence-corrected chi connectivity index (χ3v) is 4.10. The number of furan rings is 1. The number of hydrogen-bond donors (Lipinski definition) is 0. The number of halogens is 1. The molecule has 5 nitrogen and oxygen atoms in total. The first-order valence-corrected chi connectivity index (χ1v) is 7.93. The predicted molar refractivity (Wildman–Crippen MR) is 84.9 cm³/mol. The lowest BCUT2D eigenvalue weighted by atomic mass is 10.3. The Labute approximate surface area is 136 Å². The molecule has 0 saturated heterocycles. The zero-order valence-corrected chi connectivity index (χ0v) is 13.4. The van der Waals surface area contributed by atoms with Crippen LogP contribution in [0.4, 0.5) is 0 Å². The molecule has 0 atom stereocenters. The van der Waals surface area contributed by atoms with Gasteiger partial charge in [-0.15, -0.1) is 0 Å². The topological polar surface area (TPSA) is 59.5 Å². The standard InChI is InChI=1S/C15H13ClN2O3S/c1-18(8-11-3-2-6-20-11)14(19)9-22-15-17-12-7-10(16)4-5-13(12)21-15/h2-7H,8-9H2,1H3. The van der Waals surface area contributed by atoms with E-state index in [4.69, 9.17) is 20.4 Å². The lowest BCUT2D eigenvalue weighted by molar-refractivity contribution is -0.127. The third kappa shape index (κ3) is 3.45.